The average Bonchev–Trinajstić information content (AvgIpc) is 2.38. The molecule has 0 aliphatic rings. The van der Waals surface area contributed by atoms with Gasteiger partial charge in [0.05, 0.1) is 16.3 Å². The average molecular weight is 363 g/mol. The van der Waals surface area contributed by atoms with Gasteiger partial charge in [-0.2, -0.15) is 13.2 Å². The molecule has 0 saturated carbocycles. The van der Waals surface area contributed by atoms with E-state index in [1.54, 1.807) is 12.1 Å². The van der Waals surface area contributed by atoms with E-state index in [0.717, 1.165) is 22.2 Å². The van der Waals surface area contributed by atoms with Crippen LogP contribution < -0.4 is 0 Å². The van der Waals surface area contributed by atoms with E-state index in [1.807, 2.05) is 12.1 Å². The van der Waals surface area contributed by atoms with E-state index in [0.29, 0.717) is 0 Å². The zero-order valence-electron chi connectivity index (χ0n) is 9.96. The van der Waals surface area contributed by atoms with E-state index in [-0.39, 0.29) is 10.7 Å². The fourth-order valence-electron chi connectivity index (χ4n) is 1.48. The van der Waals surface area contributed by atoms with Gasteiger partial charge in [0.2, 0.25) is 0 Å². The lowest BCUT2D eigenvalue weighted by Crippen LogP contribution is -2.04. The highest BCUT2D eigenvalue weighted by molar-refractivity contribution is 9.10. The number of hydrogen-bond acceptors (Lipinski definition) is 1. The summed E-state index contributed by atoms with van der Waals surface area (Å²) in [6.45, 7) is 0. The highest BCUT2D eigenvalue weighted by Crippen LogP contribution is 2.34. The Hall–Kier alpha value is -1.33. The molecule has 2 aromatic carbocycles. The third-order valence-corrected chi connectivity index (χ3v) is 3.34. The van der Waals surface area contributed by atoms with Crippen molar-refractivity contribution in [2.75, 3.05) is 0 Å². The third-order valence-electron chi connectivity index (χ3n) is 2.50. The molecule has 0 amide bonds. The Balaban J connectivity index is 2.31. The number of halogens is 5. The Morgan fingerprint density at radius 3 is 2.30 bits per heavy atom. The second kappa shape index (κ2) is 5.97. The predicted molar refractivity (Wildman–Crippen MR) is 77.9 cm³/mol. The van der Waals surface area contributed by atoms with Gasteiger partial charge in [0.1, 0.15) is 0 Å². The van der Waals surface area contributed by atoms with Crippen LogP contribution in [0.3, 0.4) is 0 Å². The number of hydrogen-bond donors (Lipinski definition) is 0. The van der Waals surface area contributed by atoms with E-state index in [4.69, 9.17) is 11.6 Å². The van der Waals surface area contributed by atoms with Crippen LogP contribution in [0.1, 0.15) is 11.1 Å². The zero-order valence-corrected chi connectivity index (χ0v) is 12.3. The van der Waals surface area contributed by atoms with Crippen molar-refractivity contribution in [3.63, 3.8) is 0 Å². The molecule has 20 heavy (non-hydrogen) atoms. The lowest BCUT2D eigenvalue weighted by molar-refractivity contribution is -0.137. The van der Waals surface area contributed by atoms with E-state index in [2.05, 4.69) is 20.9 Å². The van der Waals surface area contributed by atoms with E-state index < -0.39 is 11.7 Å². The second-order valence-electron chi connectivity index (χ2n) is 3.97. The molecule has 0 aliphatic heterocycles. The van der Waals surface area contributed by atoms with Crippen molar-refractivity contribution in [2.24, 2.45) is 4.99 Å². The first-order chi connectivity index (χ1) is 9.36. The van der Waals surface area contributed by atoms with Crippen molar-refractivity contribution in [1.29, 1.82) is 0 Å². The molecule has 0 heterocycles. The van der Waals surface area contributed by atoms with Gasteiger partial charge >= 0.3 is 6.18 Å². The SMILES string of the molecule is FC(F)(F)c1ccc(Cl)c(N=Cc2ccc(Br)cc2)c1. The van der Waals surface area contributed by atoms with E-state index in [1.165, 1.54) is 12.3 Å². The van der Waals surface area contributed by atoms with E-state index >= 15 is 0 Å². The number of rotatable bonds is 2. The Labute approximate surface area is 127 Å². The maximum atomic E-state index is 12.6. The van der Waals surface area contributed by atoms with Crippen LogP contribution in [0, 0.1) is 0 Å². The van der Waals surface area contributed by atoms with Gasteiger partial charge in [-0.1, -0.05) is 39.7 Å². The molecular weight excluding hydrogens is 355 g/mol. The van der Waals surface area contributed by atoms with Gasteiger partial charge in [-0.25, -0.2) is 0 Å². The quantitative estimate of drug-likeness (QED) is 0.592. The summed E-state index contributed by atoms with van der Waals surface area (Å²) in [6.07, 6.45) is -2.94. The summed E-state index contributed by atoms with van der Waals surface area (Å²) in [6, 6.07) is 10.3. The summed E-state index contributed by atoms with van der Waals surface area (Å²) in [7, 11) is 0. The first kappa shape index (κ1) is 15.1. The van der Waals surface area contributed by atoms with Crippen molar-refractivity contribution >= 4 is 39.4 Å². The monoisotopic (exact) mass is 361 g/mol. The number of benzene rings is 2. The fraction of sp³-hybridized carbons (Fsp3) is 0.0714. The maximum absolute atomic E-state index is 12.6. The Morgan fingerprint density at radius 2 is 1.70 bits per heavy atom. The van der Waals surface area contributed by atoms with Crippen molar-refractivity contribution in [3.8, 4) is 0 Å². The van der Waals surface area contributed by atoms with Crippen LogP contribution in [0.5, 0.6) is 0 Å². The molecule has 104 valence electrons. The Morgan fingerprint density at radius 1 is 1.05 bits per heavy atom. The van der Waals surface area contributed by atoms with E-state index in [9.17, 15) is 13.2 Å². The molecule has 0 aromatic heterocycles. The smallest absolute Gasteiger partial charge is 0.255 e. The highest BCUT2D eigenvalue weighted by atomic mass is 79.9. The zero-order chi connectivity index (χ0) is 14.8. The van der Waals surface area contributed by atoms with Gasteiger partial charge in [0.15, 0.2) is 0 Å². The molecule has 0 aliphatic carbocycles. The lowest BCUT2D eigenvalue weighted by Gasteiger charge is -2.07. The minimum absolute atomic E-state index is 0.0874. The van der Waals surface area contributed by atoms with Crippen LogP contribution in [-0.2, 0) is 6.18 Å². The van der Waals surface area contributed by atoms with Crippen LogP contribution in [0.25, 0.3) is 0 Å². The van der Waals surface area contributed by atoms with Gasteiger partial charge in [0.25, 0.3) is 0 Å². The molecule has 0 unspecified atom stereocenters. The Kier molecular flexibility index (Phi) is 4.50. The lowest BCUT2D eigenvalue weighted by atomic mass is 10.2. The Bertz CT molecular complexity index is 636. The predicted octanol–water partition coefficient (Wildman–Crippen LogP) is 5.87. The molecule has 0 N–H and O–H groups in total. The maximum Gasteiger partial charge on any atom is 0.416 e. The van der Waals surface area contributed by atoms with Crippen LogP contribution in [-0.4, -0.2) is 6.21 Å². The van der Waals surface area contributed by atoms with Crippen molar-refractivity contribution < 1.29 is 13.2 Å². The van der Waals surface area contributed by atoms with Crippen LogP contribution >= 0.6 is 27.5 Å². The van der Waals surface area contributed by atoms with Gasteiger partial charge < -0.3 is 0 Å². The summed E-state index contributed by atoms with van der Waals surface area (Å²) in [5.74, 6) is 0. The fourth-order valence-corrected chi connectivity index (χ4v) is 1.91. The number of nitrogens with zero attached hydrogens (tertiary/aromatic N) is 1. The summed E-state index contributed by atoms with van der Waals surface area (Å²) < 4.78 is 38.7. The van der Waals surface area contributed by atoms with Crippen LogP contribution in [0.2, 0.25) is 5.02 Å². The summed E-state index contributed by atoms with van der Waals surface area (Å²) in [5, 5.41) is 0.173. The van der Waals surface area contributed by atoms with Gasteiger partial charge in [-0.3, -0.25) is 4.99 Å². The normalized spacial score (nSPS) is 12.1. The van der Waals surface area contributed by atoms with Gasteiger partial charge in [-0.15, -0.1) is 0 Å². The molecule has 2 rings (SSSR count). The first-order valence-corrected chi connectivity index (χ1v) is 6.70. The highest BCUT2D eigenvalue weighted by Gasteiger charge is 2.30. The summed E-state index contributed by atoms with van der Waals surface area (Å²) in [4.78, 5) is 4.01. The molecule has 0 saturated heterocycles. The standard InChI is InChI=1S/C14H8BrClF3N/c15-11-4-1-9(2-5-11)8-20-13-7-10(14(17,18)19)3-6-12(13)16/h1-8H. The first-order valence-electron chi connectivity index (χ1n) is 5.52. The molecule has 0 atom stereocenters. The molecule has 0 fully saturated rings. The molecule has 6 heteroatoms. The topological polar surface area (TPSA) is 12.4 Å². The van der Waals surface area contributed by atoms with Crippen LogP contribution in [0.15, 0.2) is 51.9 Å². The minimum Gasteiger partial charge on any atom is -0.255 e. The summed E-state index contributed by atoms with van der Waals surface area (Å²) >= 11 is 9.14. The molecule has 0 spiro atoms. The molecular formula is C14H8BrClF3N. The van der Waals surface area contributed by atoms with Crippen LogP contribution in [0.4, 0.5) is 18.9 Å². The molecule has 2 aromatic rings. The molecule has 0 bridgehead atoms. The molecule has 0 radical (unpaired) electrons. The van der Waals surface area contributed by atoms with Crippen molar-refractivity contribution in [1.82, 2.24) is 0 Å². The van der Waals surface area contributed by atoms with Crippen molar-refractivity contribution in [2.45, 2.75) is 6.18 Å². The van der Waals surface area contributed by atoms with Crippen molar-refractivity contribution in [3.05, 3.63) is 63.1 Å². The van der Waals surface area contributed by atoms with Gasteiger partial charge in [-0.05, 0) is 35.9 Å². The number of alkyl halides is 3. The van der Waals surface area contributed by atoms with Gasteiger partial charge in [0, 0.05) is 10.7 Å². The largest absolute Gasteiger partial charge is 0.416 e. The third kappa shape index (κ3) is 3.84. The molecule has 1 nitrogen and oxygen atoms in total. The minimum atomic E-state index is -4.41. The number of aliphatic imine (C=N–C) groups is 1. The summed E-state index contributed by atoms with van der Waals surface area (Å²) in [5.41, 5.74) is 0.0796. The second-order valence-corrected chi connectivity index (χ2v) is 5.30.